The summed E-state index contributed by atoms with van der Waals surface area (Å²) in [7, 11) is 0. The molecular weight excluding hydrogens is 214 g/mol. The van der Waals surface area contributed by atoms with E-state index < -0.39 is 0 Å². The Kier molecular flexibility index (Phi) is 2.95. The maximum Gasteiger partial charge on any atom is 0.0334 e. The van der Waals surface area contributed by atoms with Crippen molar-refractivity contribution in [3.63, 3.8) is 0 Å². The van der Waals surface area contributed by atoms with Crippen molar-refractivity contribution in [2.75, 3.05) is 5.75 Å². The van der Waals surface area contributed by atoms with Crippen LogP contribution in [0.4, 0.5) is 0 Å². The molecule has 0 saturated heterocycles. The maximum atomic E-state index is 3.83. The van der Waals surface area contributed by atoms with Crippen LogP contribution in [0.3, 0.4) is 0 Å². The minimum atomic E-state index is 0.598. The van der Waals surface area contributed by atoms with Gasteiger partial charge >= 0.3 is 0 Å². The zero-order valence-electron chi connectivity index (χ0n) is 9.78. The first-order chi connectivity index (χ1) is 7.84. The molecule has 3 atom stereocenters. The summed E-state index contributed by atoms with van der Waals surface area (Å²) in [5.74, 6) is 2.16. The Morgan fingerprint density at radius 2 is 2.12 bits per heavy atom. The van der Waals surface area contributed by atoms with E-state index >= 15 is 0 Å². The van der Waals surface area contributed by atoms with Gasteiger partial charge in [-0.3, -0.25) is 0 Å². The molecule has 1 nitrogen and oxygen atoms in total. The van der Waals surface area contributed by atoms with E-state index in [1.54, 1.807) is 0 Å². The molecule has 3 rings (SSSR count). The third kappa shape index (κ3) is 2.14. The maximum absolute atomic E-state index is 3.83. The lowest BCUT2D eigenvalue weighted by Crippen LogP contribution is -2.24. The third-order valence-electron chi connectivity index (χ3n) is 3.71. The van der Waals surface area contributed by atoms with Crippen LogP contribution in [0, 0.1) is 5.92 Å². The summed E-state index contributed by atoms with van der Waals surface area (Å²) in [5, 5.41) is 3.83. The van der Waals surface area contributed by atoms with Gasteiger partial charge in [-0.25, -0.2) is 0 Å². The highest BCUT2D eigenvalue weighted by Gasteiger charge is 2.34. The monoisotopic (exact) mass is 233 g/mol. The van der Waals surface area contributed by atoms with E-state index in [-0.39, 0.29) is 0 Å². The number of thioether (sulfide) groups is 1. The average molecular weight is 233 g/mol. The topological polar surface area (TPSA) is 12.0 Å². The molecule has 0 bridgehead atoms. The summed E-state index contributed by atoms with van der Waals surface area (Å²) in [6.45, 7) is 2.34. The Morgan fingerprint density at radius 3 is 2.94 bits per heavy atom. The molecule has 0 amide bonds. The molecule has 1 saturated carbocycles. The molecule has 2 aliphatic rings. The number of nitrogens with one attached hydrogen (secondary N) is 1. The van der Waals surface area contributed by atoms with Gasteiger partial charge in [0.1, 0.15) is 0 Å². The minimum absolute atomic E-state index is 0.598. The molecule has 1 heterocycles. The van der Waals surface area contributed by atoms with Crippen molar-refractivity contribution in [2.24, 2.45) is 5.92 Å². The van der Waals surface area contributed by atoms with E-state index in [9.17, 15) is 0 Å². The van der Waals surface area contributed by atoms with Gasteiger partial charge in [-0.05, 0) is 42.6 Å². The third-order valence-corrected chi connectivity index (χ3v) is 4.89. The summed E-state index contributed by atoms with van der Waals surface area (Å²) in [6, 6.07) is 10.3. The Hall–Kier alpha value is -0.470. The fourth-order valence-corrected chi connectivity index (χ4v) is 3.59. The lowest BCUT2D eigenvalue weighted by molar-refractivity contribution is 0.479. The summed E-state index contributed by atoms with van der Waals surface area (Å²) in [6.07, 6.45) is 4.00. The van der Waals surface area contributed by atoms with Crippen LogP contribution >= 0.6 is 11.8 Å². The predicted molar refractivity (Wildman–Crippen MR) is 69.8 cm³/mol. The van der Waals surface area contributed by atoms with Crippen molar-refractivity contribution >= 4 is 11.8 Å². The SMILES string of the molecule is CC1CC1NC1CCCSc2ccccc21. The lowest BCUT2D eigenvalue weighted by atomic mass is 10.0. The van der Waals surface area contributed by atoms with Crippen LogP contribution in [0.2, 0.25) is 0 Å². The molecular formula is C14H19NS. The van der Waals surface area contributed by atoms with Crippen LogP contribution in [0.5, 0.6) is 0 Å². The first-order valence-electron chi connectivity index (χ1n) is 6.32. The zero-order chi connectivity index (χ0) is 11.0. The van der Waals surface area contributed by atoms with Crippen molar-refractivity contribution < 1.29 is 0 Å². The van der Waals surface area contributed by atoms with Crippen LogP contribution in [0.15, 0.2) is 29.2 Å². The Bertz CT molecular complexity index is 377. The van der Waals surface area contributed by atoms with Crippen molar-refractivity contribution in [1.29, 1.82) is 0 Å². The Labute approximate surface area is 102 Å². The number of hydrogen-bond donors (Lipinski definition) is 1. The Balaban J connectivity index is 1.81. The van der Waals surface area contributed by atoms with Crippen LogP contribution < -0.4 is 5.32 Å². The van der Waals surface area contributed by atoms with Crippen LogP contribution in [0.25, 0.3) is 0 Å². The van der Waals surface area contributed by atoms with Gasteiger partial charge in [-0.1, -0.05) is 25.1 Å². The molecule has 0 aromatic heterocycles. The second-order valence-electron chi connectivity index (χ2n) is 5.07. The number of benzene rings is 1. The highest BCUT2D eigenvalue weighted by molar-refractivity contribution is 7.99. The van der Waals surface area contributed by atoms with E-state index in [1.165, 1.54) is 35.5 Å². The minimum Gasteiger partial charge on any atom is -0.307 e. The summed E-state index contributed by atoms with van der Waals surface area (Å²) in [4.78, 5) is 1.49. The summed E-state index contributed by atoms with van der Waals surface area (Å²) in [5.41, 5.74) is 1.53. The van der Waals surface area contributed by atoms with Gasteiger partial charge in [0.05, 0.1) is 0 Å². The summed E-state index contributed by atoms with van der Waals surface area (Å²) >= 11 is 2.02. The predicted octanol–water partition coefficient (Wildman–Crippen LogP) is 3.61. The largest absolute Gasteiger partial charge is 0.307 e. The van der Waals surface area contributed by atoms with Crippen molar-refractivity contribution in [3.05, 3.63) is 29.8 Å². The van der Waals surface area contributed by atoms with Crippen molar-refractivity contribution in [2.45, 2.75) is 43.2 Å². The van der Waals surface area contributed by atoms with E-state index in [2.05, 4.69) is 36.5 Å². The molecule has 0 spiro atoms. The van der Waals surface area contributed by atoms with E-state index in [4.69, 9.17) is 0 Å². The fraction of sp³-hybridized carbons (Fsp3) is 0.571. The van der Waals surface area contributed by atoms with Gasteiger partial charge in [-0.2, -0.15) is 0 Å². The second kappa shape index (κ2) is 4.42. The zero-order valence-corrected chi connectivity index (χ0v) is 10.6. The molecule has 3 unspecified atom stereocenters. The van der Waals surface area contributed by atoms with Crippen LogP contribution in [-0.2, 0) is 0 Å². The van der Waals surface area contributed by atoms with Crippen LogP contribution in [0.1, 0.15) is 37.8 Å². The molecule has 16 heavy (non-hydrogen) atoms. The smallest absolute Gasteiger partial charge is 0.0334 e. The molecule has 1 aliphatic heterocycles. The van der Waals surface area contributed by atoms with E-state index in [0.717, 1.165) is 12.0 Å². The van der Waals surface area contributed by atoms with Gasteiger partial charge in [0.25, 0.3) is 0 Å². The number of fused-ring (bicyclic) bond motifs is 1. The highest BCUT2D eigenvalue weighted by Crippen LogP contribution is 2.38. The van der Waals surface area contributed by atoms with Gasteiger partial charge in [0.15, 0.2) is 0 Å². The van der Waals surface area contributed by atoms with E-state index in [1.807, 2.05) is 11.8 Å². The summed E-state index contributed by atoms with van der Waals surface area (Å²) < 4.78 is 0. The molecule has 1 N–H and O–H groups in total. The molecule has 1 fully saturated rings. The lowest BCUT2D eigenvalue weighted by Gasteiger charge is -2.18. The van der Waals surface area contributed by atoms with Crippen molar-refractivity contribution in [1.82, 2.24) is 5.32 Å². The fourth-order valence-electron chi connectivity index (χ4n) is 2.51. The molecule has 86 valence electrons. The standard InChI is InChI=1S/C14H19NS/c1-10-9-13(10)15-12-6-4-8-16-14-7-3-2-5-11(12)14/h2-3,5,7,10,12-13,15H,4,6,8-9H2,1H3. The highest BCUT2D eigenvalue weighted by atomic mass is 32.2. The number of hydrogen-bond acceptors (Lipinski definition) is 2. The molecule has 0 radical (unpaired) electrons. The van der Waals surface area contributed by atoms with Crippen molar-refractivity contribution in [3.8, 4) is 0 Å². The Morgan fingerprint density at radius 1 is 1.31 bits per heavy atom. The van der Waals surface area contributed by atoms with Gasteiger partial charge < -0.3 is 5.32 Å². The van der Waals surface area contributed by atoms with Gasteiger partial charge in [0.2, 0.25) is 0 Å². The first kappa shape index (κ1) is 10.7. The van der Waals surface area contributed by atoms with Gasteiger partial charge in [0, 0.05) is 17.0 Å². The van der Waals surface area contributed by atoms with E-state index in [0.29, 0.717) is 6.04 Å². The van der Waals surface area contributed by atoms with Crippen LogP contribution in [-0.4, -0.2) is 11.8 Å². The second-order valence-corrected chi connectivity index (χ2v) is 6.20. The molecule has 1 aliphatic carbocycles. The molecule has 1 aromatic rings. The number of rotatable bonds is 2. The molecule has 2 heteroatoms. The first-order valence-corrected chi connectivity index (χ1v) is 7.31. The van der Waals surface area contributed by atoms with Gasteiger partial charge in [-0.15, -0.1) is 11.8 Å². The normalized spacial score (nSPS) is 32.9. The average Bonchev–Trinajstić information content (AvgIpc) is 3.03. The molecule has 1 aromatic carbocycles. The quantitative estimate of drug-likeness (QED) is 0.837.